The van der Waals surface area contributed by atoms with Gasteiger partial charge in [0.15, 0.2) is 0 Å². The highest BCUT2D eigenvalue weighted by atomic mass is 32.1. The lowest BCUT2D eigenvalue weighted by molar-refractivity contribution is 1.05. The molecule has 0 unspecified atom stereocenters. The van der Waals surface area contributed by atoms with Crippen LogP contribution in [0.2, 0.25) is 0 Å². The molecule has 1 aromatic heterocycles. The van der Waals surface area contributed by atoms with E-state index in [0.717, 1.165) is 10.7 Å². The normalized spacial score (nSPS) is 9.67. The Kier molecular flexibility index (Phi) is 1.76. The highest BCUT2D eigenvalue weighted by molar-refractivity contribution is 7.80. The summed E-state index contributed by atoms with van der Waals surface area (Å²) in [6.07, 6.45) is 0. The zero-order chi connectivity index (χ0) is 6.85. The summed E-state index contributed by atoms with van der Waals surface area (Å²) in [5.74, 6) is 0. The van der Waals surface area contributed by atoms with Crippen molar-refractivity contribution in [1.29, 1.82) is 0 Å². The Balaban J connectivity index is 3.17. The number of rotatable bonds is 0. The molecule has 1 heterocycles. The summed E-state index contributed by atoms with van der Waals surface area (Å²) < 4.78 is 0. The van der Waals surface area contributed by atoms with Crippen molar-refractivity contribution in [3.05, 3.63) is 23.4 Å². The molecule has 0 aromatic carbocycles. The van der Waals surface area contributed by atoms with Gasteiger partial charge in [-0.25, -0.2) is 4.98 Å². The predicted molar refractivity (Wildman–Crippen MR) is 41.0 cm³/mol. The Morgan fingerprint density at radius 3 is 2.44 bits per heavy atom. The molecular formula is C7H9NS. The van der Waals surface area contributed by atoms with E-state index in [-0.39, 0.29) is 0 Å². The summed E-state index contributed by atoms with van der Waals surface area (Å²) in [7, 11) is 0. The molecule has 0 bridgehead atoms. The van der Waals surface area contributed by atoms with Crippen LogP contribution in [0.1, 0.15) is 11.3 Å². The predicted octanol–water partition coefficient (Wildman–Crippen LogP) is 1.99. The van der Waals surface area contributed by atoms with E-state index in [1.165, 1.54) is 5.56 Å². The average Bonchev–Trinajstić information content (AvgIpc) is 1.59. The van der Waals surface area contributed by atoms with E-state index in [0.29, 0.717) is 0 Å². The maximum absolute atomic E-state index is 4.11. The number of aromatic nitrogens is 1. The zero-order valence-corrected chi connectivity index (χ0v) is 6.44. The third kappa shape index (κ3) is 1.72. The standard InChI is InChI=1S/C7H9NS/c1-5-3-6(2)8-7(9)4-5/h3-4H,1-2H3,(H,8,9). The number of pyridine rings is 1. The SMILES string of the molecule is Cc1cc(C)nc(S)c1. The molecule has 0 saturated heterocycles. The van der Waals surface area contributed by atoms with Gasteiger partial charge in [0.2, 0.25) is 0 Å². The van der Waals surface area contributed by atoms with Crippen LogP contribution in [0.25, 0.3) is 0 Å². The van der Waals surface area contributed by atoms with Crippen LogP contribution in [0.4, 0.5) is 0 Å². The first-order valence-electron chi connectivity index (χ1n) is 2.83. The first-order valence-corrected chi connectivity index (χ1v) is 3.27. The number of hydrogen-bond acceptors (Lipinski definition) is 2. The lowest BCUT2D eigenvalue weighted by atomic mass is 10.3. The lowest BCUT2D eigenvalue weighted by Gasteiger charge is -1.95. The Labute approximate surface area is 60.5 Å². The molecule has 2 heteroatoms. The van der Waals surface area contributed by atoms with Crippen LogP contribution in [-0.2, 0) is 0 Å². The van der Waals surface area contributed by atoms with Gasteiger partial charge >= 0.3 is 0 Å². The first kappa shape index (κ1) is 6.62. The van der Waals surface area contributed by atoms with Gasteiger partial charge in [-0.15, -0.1) is 12.6 Å². The second kappa shape index (κ2) is 2.40. The minimum absolute atomic E-state index is 0.799. The van der Waals surface area contributed by atoms with Crippen LogP contribution >= 0.6 is 12.6 Å². The monoisotopic (exact) mass is 139 g/mol. The van der Waals surface area contributed by atoms with E-state index in [1.807, 2.05) is 26.0 Å². The molecule has 0 aliphatic heterocycles. The number of nitrogens with zero attached hydrogens (tertiary/aromatic N) is 1. The largest absolute Gasteiger partial charge is 0.247 e. The molecule has 1 aromatic rings. The molecule has 0 N–H and O–H groups in total. The van der Waals surface area contributed by atoms with Gasteiger partial charge in [-0.05, 0) is 31.5 Å². The zero-order valence-electron chi connectivity index (χ0n) is 5.55. The third-order valence-corrected chi connectivity index (χ3v) is 1.31. The molecular weight excluding hydrogens is 130 g/mol. The lowest BCUT2D eigenvalue weighted by Crippen LogP contribution is -1.82. The van der Waals surface area contributed by atoms with Crippen molar-refractivity contribution < 1.29 is 0 Å². The molecule has 1 rings (SSSR count). The fourth-order valence-electron chi connectivity index (χ4n) is 0.820. The van der Waals surface area contributed by atoms with E-state index < -0.39 is 0 Å². The second-order valence-corrected chi connectivity index (χ2v) is 2.60. The van der Waals surface area contributed by atoms with Gasteiger partial charge in [0.25, 0.3) is 0 Å². The topological polar surface area (TPSA) is 12.9 Å². The summed E-state index contributed by atoms with van der Waals surface area (Å²) in [5, 5.41) is 0.799. The molecule has 0 amide bonds. The van der Waals surface area contributed by atoms with Crippen molar-refractivity contribution in [3.63, 3.8) is 0 Å². The van der Waals surface area contributed by atoms with Gasteiger partial charge in [0.05, 0.1) is 5.03 Å². The van der Waals surface area contributed by atoms with Crippen LogP contribution in [-0.4, -0.2) is 4.98 Å². The van der Waals surface area contributed by atoms with E-state index >= 15 is 0 Å². The van der Waals surface area contributed by atoms with Crippen molar-refractivity contribution in [2.24, 2.45) is 0 Å². The van der Waals surface area contributed by atoms with E-state index in [9.17, 15) is 0 Å². The fraction of sp³-hybridized carbons (Fsp3) is 0.286. The van der Waals surface area contributed by atoms with Crippen molar-refractivity contribution in [2.75, 3.05) is 0 Å². The van der Waals surface area contributed by atoms with Crippen LogP contribution in [0, 0.1) is 13.8 Å². The van der Waals surface area contributed by atoms with E-state index in [2.05, 4.69) is 17.6 Å². The Morgan fingerprint density at radius 1 is 1.33 bits per heavy atom. The maximum Gasteiger partial charge on any atom is 0.0935 e. The summed E-state index contributed by atoms with van der Waals surface area (Å²) in [5.41, 5.74) is 2.24. The van der Waals surface area contributed by atoms with Crippen molar-refractivity contribution in [1.82, 2.24) is 4.98 Å². The van der Waals surface area contributed by atoms with Crippen LogP contribution in [0.5, 0.6) is 0 Å². The minimum Gasteiger partial charge on any atom is -0.247 e. The number of aryl methyl sites for hydroxylation is 2. The van der Waals surface area contributed by atoms with Crippen LogP contribution in [0.3, 0.4) is 0 Å². The smallest absolute Gasteiger partial charge is 0.0935 e. The van der Waals surface area contributed by atoms with Crippen molar-refractivity contribution in [3.8, 4) is 0 Å². The Bertz CT molecular complexity index is 170. The highest BCUT2D eigenvalue weighted by Gasteiger charge is 1.89. The van der Waals surface area contributed by atoms with Gasteiger partial charge in [0.1, 0.15) is 0 Å². The molecule has 0 atom stereocenters. The van der Waals surface area contributed by atoms with Crippen LogP contribution in [0.15, 0.2) is 17.2 Å². The van der Waals surface area contributed by atoms with Gasteiger partial charge in [-0.3, -0.25) is 0 Å². The van der Waals surface area contributed by atoms with Crippen LogP contribution < -0.4 is 0 Å². The Morgan fingerprint density at radius 2 is 2.00 bits per heavy atom. The van der Waals surface area contributed by atoms with E-state index in [4.69, 9.17) is 0 Å². The molecule has 0 radical (unpaired) electrons. The molecule has 48 valence electrons. The fourth-order valence-corrected chi connectivity index (χ4v) is 1.18. The molecule has 9 heavy (non-hydrogen) atoms. The second-order valence-electron chi connectivity index (χ2n) is 2.14. The summed E-state index contributed by atoms with van der Waals surface area (Å²) in [6, 6.07) is 3.97. The summed E-state index contributed by atoms with van der Waals surface area (Å²) in [4.78, 5) is 4.10. The third-order valence-electron chi connectivity index (χ3n) is 1.08. The van der Waals surface area contributed by atoms with Crippen molar-refractivity contribution >= 4 is 12.6 Å². The van der Waals surface area contributed by atoms with Crippen molar-refractivity contribution in [2.45, 2.75) is 18.9 Å². The van der Waals surface area contributed by atoms with Gasteiger partial charge in [-0.2, -0.15) is 0 Å². The number of thiol groups is 1. The van der Waals surface area contributed by atoms with Gasteiger partial charge in [0, 0.05) is 5.69 Å². The minimum atomic E-state index is 0.799. The molecule has 0 aliphatic rings. The van der Waals surface area contributed by atoms with Gasteiger partial charge in [-0.1, -0.05) is 0 Å². The summed E-state index contributed by atoms with van der Waals surface area (Å²) in [6.45, 7) is 4.00. The average molecular weight is 139 g/mol. The molecule has 0 saturated carbocycles. The maximum atomic E-state index is 4.11. The summed E-state index contributed by atoms with van der Waals surface area (Å²) >= 11 is 4.11. The number of hydrogen-bond donors (Lipinski definition) is 1. The first-order chi connectivity index (χ1) is 4.18. The molecule has 1 nitrogen and oxygen atoms in total. The quantitative estimate of drug-likeness (QED) is 0.542. The molecule has 0 aliphatic carbocycles. The van der Waals surface area contributed by atoms with Gasteiger partial charge < -0.3 is 0 Å². The highest BCUT2D eigenvalue weighted by Crippen LogP contribution is 2.06. The Hall–Kier alpha value is -0.500. The van der Waals surface area contributed by atoms with E-state index in [1.54, 1.807) is 0 Å². The molecule has 0 fully saturated rings. The molecule has 0 spiro atoms.